The Morgan fingerprint density at radius 3 is 2.47 bits per heavy atom. The van der Waals surface area contributed by atoms with E-state index in [1.54, 1.807) is 4.90 Å². The molecule has 7 nitrogen and oxygen atoms in total. The summed E-state index contributed by atoms with van der Waals surface area (Å²) < 4.78 is 11.5. The highest BCUT2D eigenvalue weighted by Gasteiger charge is 2.33. The number of piperazine rings is 1. The quantitative estimate of drug-likeness (QED) is 0.635. The molecule has 2 aliphatic heterocycles. The van der Waals surface area contributed by atoms with E-state index >= 15 is 0 Å². The third-order valence-corrected chi connectivity index (χ3v) is 6.50. The fourth-order valence-corrected chi connectivity index (χ4v) is 4.67. The number of nitrogens with zero attached hydrogens (tertiary/aromatic N) is 2. The summed E-state index contributed by atoms with van der Waals surface area (Å²) in [7, 11) is 0. The Hall–Kier alpha value is -3.58. The van der Waals surface area contributed by atoms with E-state index in [1.807, 2.05) is 49.4 Å². The van der Waals surface area contributed by atoms with Crippen molar-refractivity contribution in [2.45, 2.75) is 19.1 Å². The van der Waals surface area contributed by atoms with Crippen LogP contribution in [0, 0.1) is 0 Å². The largest absolute Gasteiger partial charge is 0.485 e. The van der Waals surface area contributed by atoms with Crippen LogP contribution >= 0.6 is 0 Å². The van der Waals surface area contributed by atoms with Crippen molar-refractivity contribution in [1.82, 2.24) is 15.1 Å². The molecule has 0 spiro atoms. The molecule has 0 saturated carbocycles. The second-order valence-electron chi connectivity index (χ2n) is 8.82. The van der Waals surface area contributed by atoms with Crippen molar-refractivity contribution in [3.05, 3.63) is 72.3 Å². The number of hydrogen-bond acceptors (Lipinski definition) is 5. The molecule has 3 aromatic carbocycles. The average molecular weight is 460 g/mol. The molecule has 0 radical (unpaired) electrons. The second kappa shape index (κ2) is 9.73. The molecule has 0 aromatic heterocycles. The topological polar surface area (TPSA) is 71.1 Å². The summed E-state index contributed by atoms with van der Waals surface area (Å²) in [5.41, 5.74) is 1.11. The molecule has 1 fully saturated rings. The second-order valence-corrected chi connectivity index (χ2v) is 8.82. The molecule has 1 N–H and O–H groups in total. The summed E-state index contributed by atoms with van der Waals surface area (Å²) in [4.78, 5) is 29.6. The van der Waals surface area contributed by atoms with Gasteiger partial charge in [0.25, 0.3) is 5.91 Å². The number of carbonyl (C=O) groups excluding carboxylic acids is 2. The van der Waals surface area contributed by atoms with Gasteiger partial charge in [-0.25, -0.2) is 0 Å². The monoisotopic (exact) mass is 459 g/mol. The van der Waals surface area contributed by atoms with E-state index in [1.165, 1.54) is 0 Å². The van der Waals surface area contributed by atoms with Crippen LogP contribution in [-0.4, -0.2) is 67.0 Å². The normalized spacial score (nSPS) is 19.0. The van der Waals surface area contributed by atoms with Crippen molar-refractivity contribution in [2.75, 3.05) is 39.3 Å². The molecule has 1 saturated heterocycles. The standard InChI is InChI=1S/C27H29N3O4/c1-19(21-10-6-8-20-7-2-3-9-22(20)21)28-26(31)17-29-13-15-30(16-14-29)27(32)25-18-33-23-11-4-5-12-24(23)34-25/h2-12,19,25H,13-18H2,1H3,(H,28,31)/t19-,25-/m1/s1. The maximum absolute atomic E-state index is 12.9. The van der Waals surface area contributed by atoms with Crippen LogP contribution in [0.1, 0.15) is 18.5 Å². The number of ether oxygens (including phenoxy) is 2. The van der Waals surface area contributed by atoms with E-state index < -0.39 is 6.10 Å². The Balaban J connectivity index is 1.11. The van der Waals surface area contributed by atoms with Crippen molar-refractivity contribution in [1.29, 1.82) is 0 Å². The van der Waals surface area contributed by atoms with Gasteiger partial charge in [-0.05, 0) is 35.4 Å². The van der Waals surface area contributed by atoms with Gasteiger partial charge in [0, 0.05) is 26.2 Å². The molecule has 5 rings (SSSR count). The molecule has 34 heavy (non-hydrogen) atoms. The van der Waals surface area contributed by atoms with Crippen molar-refractivity contribution in [3.63, 3.8) is 0 Å². The van der Waals surface area contributed by atoms with Gasteiger partial charge >= 0.3 is 0 Å². The highest BCUT2D eigenvalue weighted by atomic mass is 16.6. The Morgan fingerprint density at radius 1 is 0.941 bits per heavy atom. The summed E-state index contributed by atoms with van der Waals surface area (Å²) in [5.74, 6) is 1.19. The molecule has 0 unspecified atom stereocenters. The minimum Gasteiger partial charge on any atom is -0.485 e. The molecular weight excluding hydrogens is 430 g/mol. The van der Waals surface area contributed by atoms with E-state index in [4.69, 9.17) is 9.47 Å². The molecule has 2 aliphatic rings. The van der Waals surface area contributed by atoms with E-state index in [0.717, 1.165) is 16.3 Å². The Morgan fingerprint density at radius 2 is 1.65 bits per heavy atom. The van der Waals surface area contributed by atoms with E-state index in [0.29, 0.717) is 44.2 Å². The minimum atomic E-state index is -0.633. The number of carbonyl (C=O) groups is 2. The zero-order valence-corrected chi connectivity index (χ0v) is 19.3. The lowest BCUT2D eigenvalue weighted by molar-refractivity contribution is -0.143. The molecule has 3 aromatic rings. The first kappa shape index (κ1) is 22.2. The molecule has 2 amide bonds. The number of para-hydroxylation sites is 2. The molecule has 0 bridgehead atoms. The highest BCUT2D eigenvalue weighted by Crippen LogP contribution is 2.31. The van der Waals surface area contributed by atoms with E-state index in [-0.39, 0.29) is 24.5 Å². The number of benzene rings is 3. The SMILES string of the molecule is C[C@@H](NC(=O)CN1CCN(C(=O)[C@H]2COc3ccccc3O2)CC1)c1cccc2ccccc12. The van der Waals surface area contributed by atoms with Crippen LogP contribution in [0.4, 0.5) is 0 Å². The van der Waals surface area contributed by atoms with Crippen molar-refractivity contribution < 1.29 is 19.1 Å². The Kier molecular flexibility index (Phi) is 6.36. The number of nitrogens with one attached hydrogen (secondary N) is 1. The zero-order valence-electron chi connectivity index (χ0n) is 19.3. The van der Waals surface area contributed by atoms with Gasteiger partial charge < -0.3 is 19.7 Å². The molecule has 176 valence electrons. The first-order valence-electron chi connectivity index (χ1n) is 11.7. The first-order chi connectivity index (χ1) is 16.6. The van der Waals surface area contributed by atoms with Crippen LogP contribution in [0.3, 0.4) is 0 Å². The van der Waals surface area contributed by atoms with E-state index in [2.05, 4.69) is 34.5 Å². The van der Waals surface area contributed by atoms with Crippen LogP contribution in [0.15, 0.2) is 66.7 Å². The van der Waals surface area contributed by atoms with Crippen LogP contribution in [-0.2, 0) is 9.59 Å². The summed E-state index contributed by atoms with van der Waals surface area (Å²) >= 11 is 0. The third kappa shape index (κ3) is 4.70. The molecule has 2 heterocycles. The van der Waals surface area contributed by atoms with Gasteiger partial charge in [-0.15, -0.1) is 0 Å². The number of fused-ring (bicyclic) bond motifs is 2. The summed E-state index contributed by atoms with van der Waals surface area (Å²) in [5, 5.41) is 5.45. The van der Waals surface area contributed by atoms with Crippen molar-refractivity contribution >= 4 is 22.6 Å². The molecule has 2 atom stereocenters. The lowest BCUT2D eigenvalue weighted by Crippen LogP contribution is -2.55. The van der Waals surface area contributed by atoms with Crippen LogP contribution in [0.5, 0.6) is 11.5 Å². The first-order valence-corrected chi connectivity index (χ1v) is 11.7. The number of amides is 2. The lowest BCUT2D eigenvalue weighted by atomic mass is 10.00. The van der Waals surface area contributed by atoms with Crippen LogP contribution in [0.25, 0.3) is 10.8 Å². The van der Waals surface area contributed by atoms with Crippen molar-refractivity contribution in [2.24, 2.45) is 0 Å². The summed E-state index contributed by atoms with van der Waals surface area (Å²) in [6, 6.07) is 21.7. The van der Waals surface area contributed by atoms with Gasteiger partial charge in [0.1, 0.15) is 6.61 Å². The van der Waals surface area contributed by atoms with Crippen molar-refractivity contribution in [3.8, 4) is 11.5 Å². The van der Waals surface area contributed by atoms with Gasteiger partial charge in [0.15, 0.2) is 11.5 Å². The maximum Gasteiger partial charge on any atom is 0.267 e. The van der Waals surface area contributed by atoms with E-state index in [9.17, 15) is 9.59 Å². The third-order valence-electron chi connectivity index (χ3n) is 6.50. The van der Waals surface area contributed by atoms with Gasteiger partial charge in [-0.1, -0.05) is 54.6 Å². The molecule has 7 heteroatoms. The molecule has 0 aliphatic carbocycles. The number of hydrogen-bond donors (Lipinski definition) is 1. The average Bonchev–Trinajstić information content (AvgIpc) is 2.88. The fraction of sp³-hybridized carbons (Fsp3) is 0.333. The van der Waals surface area contributed by atoms with Crippen LogP contribution in [0.2, 0.25) is 0 Å². The minimum absolute atomic E-state index is 0.0131. The smallest absolute Gasteiger partial charge is 0.267 e. The highest BCUT2D eigenvalue weighted by molar-refractivity contribution is 5.87. The van der Waals surface area contributed by atoms with Gasteiger partial charge in [0.05, 0.1) is 12.6 Å². The summed E-state index contributed by atoms with van der Waals surface area (Å²) in [6.45, 7) is 4.95. The maximum atomic E-state index is 12.9. The Labute approximate surface area is 199 Å². The van der Waals surface area contributed by atoms with Gasteiger partial charge in [-0.3, -0.25) is 14.5 Å². The zero-order chi connectivity index (χ0) is 23.5. The fourth-order valence-electron chi connectivity index (χ4n) is 4.67. The Bertz CT molecular complexity index is 1180. The lowest BCUT2D eigenvalue weighted by Gasteiger charge is -2.37. The summed E-state index contributed by atoms with van der Waals surface area (Å²) in [6.07, 6.45) is -0.633. The predicted molar refractivity (Wildman–Crippen MR) is 130 cm³/mol. The molecular formula is C27H29N3O4. The van der Waals surface area contributed by atoms with Crippen LogP contribution < -0.4 is 14.8 Å². The number of rotatable bonds is 5. The van der Waals surface area contributed by atoms with Gasteiger partial charge in [0.2, 0.25) is 12.0 Å². The predicted octanol–water partition coefficient (Wildman–Crippen LogP) is 3.00. The van der Waals surface area contributed by atoms with Gasteiger partial charge in [-0.2, -0.15) is 0 Å².